The van der Waals surface area contributed by atoms with Crippen LogP contribution in [0.4, 0.5) is 0 Å². The molecule has 0 aliphatic carbocycles. The minimum Gasteiger partial charge on any atom is -0.393 e. The lowest BCUT2D eigenvalue weighted by atomic mass is 9.97. The summed E-state index contributed by atoms with van der Waals surface area (Å²) in [5, 5.41) is 9.57. The Bertz CT molecular complexity index is 241. The number of carbonyl (C=O) groups excluding carboxylic acids is 1. The summed E-state index contributed by atoms with van der Waals surface area (Å²) in [6, 6.07) is 0. The van der Waals surface area contributed by atoms with Gasteiger partial charge in [0, 0.05) is 26.2 Å². The SMILES string of the molecule is CC1CN(CC(=O)N2CCC2)CCC1O. The monoisotopic (exact) mass is 212 g/mol. The van der Waals surface area contributed by atoms with E-state index >= 15 is 0 Å². The van der Waals surface area contributed by atoms with Gasteiger partial charge < -0.3 is 10.0 Å². The van der Waals surface area contributed by atoms with Crippen LogP contribution in [0.2, 0.25) is 0 Å². The van der Waals surface area contributed by atoms with Crippen LogP contribution in [0.3, 0.4) is 0 Å². The zero-order valence-corrected chi connectivity index (χ0v) is 9.35. The van der Waals surface area contributed by atoms with E-state index in [-0.39, 0.29) is 12.0 Å². The van der Waals surface area contributed by atoms with Gasteiger partial charge in [0.25, 0.3) is 0 Å². The largest absolute Gasteiger partial charge is 0.393 e. The first-order valence-electron chi connectivity index (χ1n) is 5.85. The van der Waals surface area contributed by atoms with E-state index in [0.717, 1.165) is 39.0 Å². The van der Waals surface area contributed by atoms with Gasteiger partial charge in [-0.15, -0.1) is 0 Å². The molecule has 4 nitrogen and oxygen atoms in total. The Labute approximate surface area is 90.9 Å². The Morgan fingerprint density at radius 3 is 2.67 bits per heavy atom. The van der Waals surface area contributed by atoms with E-state index < -0.39 is 0 Å². The predicted molar refractivity (Wildman–Crippen MR) is 57.4 cm³/mol. The summed E-state index contributed by atoms with van der Waals surface area (Å²) in [6.45, 7) is 6.16. The van der Waals surface area contributed by atoms with E-state index in [4.69, 9.17) is 0 Å². The number of piperidine rings is 1. The second kappa shape index (κ2) is 4.49. The third-order valence-corrected chi connectivity index (χ3v) is 3.51. The van der Waals surface area contributed by atoms with E-state index in [1.165, 1.54) is 0 Å². The molecule has 2 aliphatic heterocycles. The third kappa shape index (κ3) is 2.49. The second-order valence-electron chi connectivity index (χ2n) is 4.80. The van der Waals surface area contributed by atoms with Crippen molar-refractivity contribution < 1.29 is 9.90 Å². The van der Waals surface area contributed by atoms with Gasteiger partial charge in [0.15, 0.2) is 0 Å². The lowest BCUT2D eigenvalue weighted by Crippen LogP contribution is -2.50. The Hall–Kier alpha value is -0.610. The van der Waals surface area contributed by atoms with Crippen LogP contribution in [-0.4, -0.2) is 59.6 Å². The zero-order valence-electron chi connectivity index (χ0n) is 9.35. The van der Waals surface area contributed by atoms with Crippen LogP contribution in [0.15, 0.2) is 0 Å². The van der Waals surface area contributed by atoms with Crippen molar-refractivity contribution in [2.75, 3.05) is 32.7 Å². The molecule has 0 aromatic rings. The average Bonchev–Trinajstić information content (AvgIpc) is 2.08. The molecule has 2 unspecified atom stereocenters. The van der Waals surface area contributed by atoms with Crippen LogP contribution in [0.25, 0.3) is 0 Å². The normalized spacial score (nSPS) is 32.5. The van der Waals surface area contributed by atoms with Gasteiger partial charge in [-0.3, -0.25) is 9.69 Å². The molecule has 2 atom stereocenters. The molecule has 1 N–H and O–H groups in total. The molecule has 2 heterocycles. The van der Waals surface area contributed by atoms with Gasteiger partial charge in [-0.2, -0.15) is 0 Å². The summed E-state index contributed by atoms with van der Waals surface area (Å²) >= 11 is 0. The molecule has 4 heteroatoms. The van der Waals surface area contributed by atoms with Gasteiger partial charge in [-0.1, -0.05) is 6.92 Å². The van der Waals surface area contributed by atoms with Crippen molar-refractivity contribution in [3.8, 4) is 0 Å². The highest BCUT2D eigenvalue weighted by Crippen LogP contribution is 2.17. The lowest BCUT2D eigenvalue weighted by Gasteiger charge is -2.37. The van der Waals surface area contributed by atoms with Gasteiger partial charge in [-0.05, 0) is 18.8 Å². The van der Waals surface area contributed by atoms with Crippen molar-refractivity contribution in [2.24, 2.45) is 5.92 Å². The average molecular weight is 212 g/mol. The highest BCUT2D eigenvalue weighted by Gasteiger charge is 2.27. The van der Waals surface area contributed by atoms with Gasteiger partial charge in [0.2, 0.25) is 5.91 Å². The summed E-state index contributed by atoms with van der Waals surface area (Å²) in [7, 11) is 0. The quantitative estimate of drug-likeness (QED) is 0.696. The molecule has 0 saturated carbocycles. The van der Waals surface area contributed by atoms with Crippen LogP contribution in [-0.2, 0) is 4.79 Å². The van der Waals surface area contributed by atoms with Gasteiger partial charge in [0.05, 0.1) is 12.6 Å². The Balaban J connectivity index is 1.77. The topological polar surface area (TPSA) is 43.8 Å². The summed E-state index contributed by atoms with van der Waals surface area (Å²) < 4.78 is 0. The molecular formula is C11H20N2O2. The van der Waals surface area contributed by atoms with Crippen molar-refractivity contribution in [2.45, 2.75) is 25.9 Å². The second-order valence-corrected chi connectivity index (χ2v) is 4.80. The van der Waals surface area contributed by atoms with E-state index in [0.29, 0.717) is 12.5 Å². The highest BCUT2D eigenvalue weighted by molar-refractivity contribution is 5.78. The number of nitrogens with zero attached hydrogens (tertiary/aromatic N) is 2. The molecule has 2 saturated heterocycles. The van der Waals surface area contributed by atoms with Crippen molar-refractivity contribution in [3.63, 3.8) is 0 Å². The summed E-state index contributed by atoms with van der Waals surface area (Å²) in [6.07, 6.45) is 1.77. The summed E-state index contributed by atoms with van der Waals surface area (Å²) in [4.78, 5) is 15.8. The molecular weight excluding hydrogens is 192 g/mol. The molecule has 2 aliphatic rings. The van der Waals surface area contributed by atoms with E-state index in [9.17, 15) is 9.90 Å². The molecule has 0 aromatic heterocycles. The number of hydrogen-bond acceptors (Lipinski definition) is 3. The first kappa shape index (κ1) is 10.9. The van der Waals surface area contributed by atoms with Crippen LogP contribution in [0.1, 0.15) is 19.8 Å². The van der Waals surface area contributed by atoms with Crippen molar-refractivity contribution >= 4 is 5.91 Å². The van der Waals surface area contributed by atoms with Crippen molar-refractivity contribution in [3.05, 3.63) is 0 Å². The van der Waals surface area contributed by atoms with Crippen LogP contribution in [0, 0.1) is 5.92 Å². The maximum absolute atomic E-state index is 11.7. The Kier molecular flexibility index (Phi) is 3.26. The van der Waals surface area contributed by atoms with Crippen molar-refractivity contribution in [1.82, 2.24) is 9.80 Å². The van der Waals surface area contributed by atoms with Gasteiger partial charge >= 0.3 is 0 Å². The highest BCUT2D eigenvalue weighted by atomic mass is 16.3. The fourth-order valence-electron chi connectivity index (χ4n) is 2.22. The maximum atomic E-state index is 11.7. The maximum Gasteiger partial charge on any atom is 0.236 e. The molecule has 1 amide bonds. The minimum absolute atomic E-state index is 0.180. The Morgan fingerprint density at radius 1 is 1.40 bits per heavy atom. The Morgan fingerprint density at radius 2 is 2.13 bits per heavy atom. The number of amides is 1. The summed E-state index contributed by atoms with van der Waals surface area (Å²) in [5.41, 5.74) is 0. The standard InChI is InChI=1S/C11H20N2O2/c1-9-7-12(6-3-10(9)14)8-11(15)13-4-2-5-13/h9-10,14H,2-8H2,1H3. The molecule has 2 rings (SSSR count). The first-order chi connectivity index (χ1) is 7.16. The molecule has 86 valence electrons. The van der Waals surface area contributed by atoms with Crippen LogP contribution >= 0.6 is 0 Å². The molecule has 15 heavy (non-hydrogen) atoms. The van der Waals surface area contributed by atoms with Gasteiger partial charge in [-0.25, -0.2) is 0 Å². The number of aliphatic hydroxyl groups excluding tert-OH is 1. The number of rotatable bonds is 2. The predicted octanol–water partition coefficient (Wildman–Crippen LogP) is -0.0786. The molecule has 0 radical (unpaired) electrons. The number of likely N-dealkylation sites (tertiary alicyclic amines) is 2. The minimum atomic E-state index is -0.180. The molecule has 2 fully saturated rings. The number of hydrogen-bond donors (Lipinski definition) is 1. The third-order valence-electron chi connectivity index (χ3n) is 3.51. The van der Waals surface area contributed by atoms with E-state index in [1.807, 2.05) is 11.8 Å². The molecule has 0 bridgehead atoms. The van der Waals surface area contributed by atoms with Gasteiger partial charge in [0.1, 0.15) is 0 Å². The number of carbonyl (C=O) groups is 1. The fourth-order valence-corrected chi connectivity index (χ4v) is 2.22. The van der Waals surface area contributed by atoms with Crippen LogP contribution in [0.5, 0.6) is 0 Å². The molecule has 0 spiro atoms. The van der Waals surface area contributed by atoms with E-state index in [1.54, 1.807) is 0 Å². The fraction of sp³-hybridized carbons (Fsp3) is 0.909. The smallest absolute Gasteiger partial charge is 0.236 e. The zero-order chi connectivity index (χ0) is 10.8. The first-order valence-corrected chi connectivity index (χ1v) is 5.85. The summed E-state index contributed by atoms with van der Waals surface area (Å²) in [5.74, 6) is 0.549. The lowest BCUT2D eigenvalue weighted by molar-refractivity contribution is -0.136. The number of aliphatic hydroxyl groups is 1. The molecule has 0 aromatic carbocycles. The van der Waals surface area contributed by atoms with Crippen molar-refractivity contribution in [1.29, 1.82) is 0 Å². The van der Waals surface area contributed by atoms with Crippen LogP contribution < -0.4 is 0 Å². The van der Waals surface area contributed by atoms with E-state index in [2.05, 4.69) is 4.90 Å².